The molecule has 2 amide bonds. The molecule has 0 radical (unpaired) electrons. The van der Waals surface area contributed by atoms with Crippen molar-refractivity contribution in [2.75, 3.05) is 13.1 Å². The fraction of sp³-hybridized carbons (Fsp3) is 0.261. The number of rotatable bonds is 6. The molecule has 7 nitrogen and oxygen atoms in total. The van der Waals surface area contributed by atoms with E-state index in [0.717, 1.165) is 21.5 Å². The molecular formula is C23H22BrFN4O3. The second-order valence-electron chi connectivity index (χ2n) is 7.57. The normalized spacial score (nSPS) is 11.9. The number of nitrogens with zero attached hydrogens (tertiary/aromatic N) is 3. The van der Waals surface area contributed by atoms with Crippen LogP contribution in [-0.4, -0.2) is 39.6 Å². The lowest BCUT2D eigenvalue weighted by molar-refractivity contribution is -0.119. The van der Waals surface area contributed by atoms with Crippen molar-refractivity contribution in [3.8, 4) is 17.0 Å². The first kappa shape index (κ1) is 22.0. The van der Waals surface area contributed by atoms with Crippen LogP contribution in [0.15, 0.2) is 46.9 Å². The van der Waals surface area contributed by atoms with Crippen LogP contribution >= 0.6 is 15.9 Å². The fourth-order valence-electron chi connectivity index (χ4n) is 3.80. The molecule has 1 aromatic heterocycles. The highest BCUT2D eigenvalue weighted by Gasteiger charge is 2.30. The summed E-state index contributed by atoms with van der Waals surface area (Å²) in [6, 6.07) is 11.8. The number of carbonyl (C=O) groups is 2. The lowest BCUT2D eigenvalue weighted by atomic mass is 10.0. The number of ether oxygens (including phenoxy) is 1. The Bertz CT molecular complexity index is 1190. The van der Waals surface area contributed by atoms with Crippen LogP contribution in [0.4, 0.5) is 4.39 Å². The molecule has 0 saturated heterocycles. The van der Waals surface area contributed by atoms with E-state index in [0.29, 0.717) is 11.1 Å². The summed E-state index contributed by atoms with van der Waals surface area (Å²) in [6.45, 7) is 2.35. The van der Waals surface area contributed by atoms with E-state index in [1.165, 1.54) is 19.1 Å². The van der Waals surface area contributed by atoms with Crippen LogP contribution in [0.3, 0.4) is 0 Å². The Kier molecular flexibility index (Phi) is 6.27. The Hall–Kier alpha value is -3.20. The number of nitrogens with one attached hydrogen (secondary N) is 1. The number of benzene rings is 2. The van der Waals surface area contributed by atoms with E-state index in [2.05, 4.69) is 26.3 Å². The molecule has 2 aromatic carbocycles. The zero-order chi connectivity index (χ0) is 22.8. The van der Waals surface area contributed by atoms with Crippen LogP contribution in [-0.2, 0) is 25.0 Å². The Morgan fingerprint density at radius 2 is 2.09 bits per heavy atom. The van der Waals surface area contributed by atoms with Gasteiger partial charge < -0.3 is 15.0 Å². The van der Waals surface area contributed by atoms with Crippen LogP contribution in [0.2, 0.25) is 0 Å². The van der Waals surface area contributed by atoms with Crippen LogP contribution in [0.25, 0.3) is 11.3 Å². The van der Waals surface area contributed by atoms with Gasteiger partial charge in [0.15, 0.2) is 5.69 Å². The van der Waals surface area contributed by atoms with Crippen molar-refractivity contribution in [2.24, 2.45) is 7.05 Å². The molecule has 0 aliphatic carbocycles. The maximum atomic E-state index is 13.7. The largest absolute Gasteiger partial charge is 0.488 e. The average Bonchev–Trinajstić information content (AvgIpc) is 3.09. The second kappa shape index (κ2) is 9.12. The predicted molar refractivity (Wildman–Crippen MR) is 121 cm³/mol. The van der Waals surface area contributed by atoms with E-state index in [-0.39, 0.29) is 49.6 Å². The van der Waals surface area contributed by atoms with Gasteiger partial charge in [0.2, 0.25) is 5.91 Å². The number of amides is 2. The molecule has 0 bridgehead atoms. The lowest BCUT2D eigenvalue weighted by Gasteiger charge is -2.23. The first-order valence-corrected chi connectivity index (χ1v) is 10.9. The second-order valence-corrected chi connectivity index (χ2v) is 8.48. The molecule has 4 rings (SSSR count). The molecule has 1 aliphatic rings. The van der Waals surface area contributed by atoms with Gasteiger partial charge in [0.1, 0.15) is 18.2 Å². The summed E-state index contributed by atoms with van der Waals surface area (Å²) in [5, 5.41) is 7.22. The molecule has 32 heavy (non-hydrogen) atoms. The highest BCUT2D eigenvalue weighted by Crippen LogP contribution is 2.40. The van der Waals surface area contributed by atoms with E-state index in [1.54, 1.807) is 28.8 Å². The van der Waals surface area contributed by atoms with Crippen molar-refractivity contribution in [2.45, 2.75) is 20.1 Å². The van der Waals surface area contributed by atoms with Crippen molar-refractivity contribution >= 4 is 27.7 Å². The van der Waals surface area contributed by atoms with Gasteiger partial charge in [0, 0.05) is 49.2 Å². The summed E-state index contributed by atoms with van der Waals surface area (Å²) in [4.78, 5) is 26.4. The molecular weight excluding hydrogens is 479 g/mol. The number of aromatic nitrogens is 2. The zero-order valence-corrected chi connectivity index (χ0v) is 19.3. The van der Waals surface area contributed by atoms with Gasteiger partial charge in [-0.15, -0.1) is 0 Å². The molecule has 0 spiro atoms. The smallest absolute Gasteiger partial charge is 0.275 e. The van der Waals surface area contributed by atoms with Gasteiger partial charge in [-0.05, 0) is 35.9 Å². The van der Waals surface area contributed by atoms with Gasteiger partial charge >= 0.3 is 0 Å². The highest BCUT2D eigenvalue weighted by atomic mass is 79.9. The van der Waals surface area contributed by atoms with Gasteiger partial charge in [-0.1, -0.05) is 28.1 Å². The van der Waals surface area contributed by atoms with Crippen LogP contribution in [0.5, 0.6) is 5.75 Å². The minimum Gasteiger partial charge on any atom is -0.488 e. The van der Waals surface area contributed by atoms with Gasteiger partial charge in [-0.3, -0.25) is 14.3 Å². The predicted octanol–water partition coefficient (Wildman–Crippen LogP) is 3.66. The summed E-state index contributed by atoms with van der Waals surface area (Å²) in [6.07, 6.45) is 0. The Morgan fingerprint density at radius 3 is 2.84 bits per heavy atom. The third-order valence-corrected chi connectivity index (χ3v) is 5.72. The van der Waals surface area contributed by atoms with Gasteiger partial charge in [-0.25, -0.2) is 4.39 Å². The van der Waals surface area contributed by atoms with Crippen molar-refractivity contribution in [1.82, 2.24) is 20.0 Å². The van der Waals surface area contributed by atoms with Crippen molar-refractivity contribution in [3.05, 3.63) is 69.6 Å². The summed E-state index contributed by atoms with van der Waals surface area (Å²) >= 11 is 3.48. The number of hydrogen-bond acceptors (Lipinski definition) is 4. The third kappa shape index (κ3) is 4.52. The molecule has 2 heterocycles. The maximum Gasteiger partial charge on any atom is 0.275 e. The minimum atomic E-state index is -0.373. The van der Waals surface area contributed by atoms with Gasteiger partial charge in [0.25, 0.3) is 5.91 Å². The molecule has 166 valence electrons. The number of halogens is 2. The summed E-state index contributed by atoms with van der Waals surface area (Å²) in [5.74, 6) is -0.139. The molecule has 1 N–H and O–H groups in total. The number of fused-ring (bicyclic) bond motifs is 3. The van der Waals surface area contributed by atoms with Crippen LogP contribution in [0, 0.1) is 5.82 Å². The summed E-state index contributed by atoms with van der Waals surface area (Å²) in [7, 11) is 1.79. The minimum absolute atomic E-state index is 0.185. The molecule has 1 aliphatic heterocycles. The average molecular weight is 501 g/mol. The van der Waals surface area contributed by atoms with E-state index < -0.39 is 0 Å². The molecule has 0 fully saturated rings. The summed E-state index contributed by atoms with van der Waals surface area (Å²) < 4.78 is 22.2. The molecule has 3 aromatic rings. The zero-order valence-electron chi connectivity index (χ0n) is 17.7. The van der Waals surface area contributed by atoms with Crippen molar-refractivity contribution in [1.29, 1.82) is 0 Å². The van der Waals surface area contributed by atoms with E-state index >= 15 is 0 Å². The van der Waals surface area contributed by atoms with Crippen LogP contribution in [0.1, 0.15) is 28.5 Å². The number of hydrogen-bond donors (Lipinski definition) is 1. The monoisotopic (exact) mass is 500 g/mol. The first-order valence-electron chi connectivity index (χ1n) is 10.1. The molecule has 9 heteroatoms. The van der Waals surface area contributed by atoms with E-state index in [4.69, 9.17) is 4.74 Å². The first-order chi connectivity index (χ1) is 15.3. The maximum absolute atomic E-state index is 13.7. The summed E-state index contributed by atoms with van der Waals surface area (Å²) in [5.41, 5.74) is 3.31. The van der Waals surface area contributed by atoms with Gasteiger partial charge in [-0.2, -0.15) is 5.10 Å². The van der Waals surface area contributed by atoms with Crippen molar-refractivity contribution < 1.29 is 18.7 Å². The Balaban J connectivity index is 1.68. The van der Waals surface area contributed by atoms with Gasteiger partial charge in [0.05, 0.1) is 5.69 Å². The third-order valence-electron chi connectivity index (χ3n) is 5.22. The SMILES string of the molecule is CC(=O)NCCN(Cc1cccc(F)c1)C(=O)c1nn(C)c2c1COc1ccc(Br)cc1-2. The van der Waals surface area contributed by atoms with Crippen molar-refractivity contribution in [3.63, 3.8) is 0 Å². The fourth-order valence-corrected chi connectivity index (χ4v) is 4.16. The quantitative estimate of drug-likeness (QED) is 0.560. The van der Waals surface area contributed by atoms with Crippen LogP contribution < -0.4 is 10.1 Å². The Morgan fingerprint density at radius 1 is 1.28 bits per heavy atom. The number of aryl methyl sites for hydroxylation is 1. The molecule has 0 atom stereocenters. The number of carbonyl (C=O) groups excluding carboxylic acids is 2. The van der Waals surface area contributed by atoms with E-state index in [1.807, 2.05) is 18.2 Å². The molecule has 0 saturated carbocycles. The topological polar surface area (TPSA) is 76.5 Å². The Labute approximate surface area is 193 Å². The molecule has 0 unspecified atom stereocenters. The van der Waals surface area contributed by atoms with E-state index in [9.17, 15) is 14.0 Å². The lowest BCUT2D eigenvalue weighted by Crippen LogP contribution is -2.38. The standard InChI is InChI=1S/C23H22BrFN4O3/c1-14(30)26-8-9-29(12-15-4-3-5-17(25)10-15)23(31)21-19-13-32-20-7-6-16(24)11-18(20)22(19)28(2)27-21/h3-7,10-11H,8-9,12-13H2,1-2H3,(H,26,30). The highest BCUT2D eigenvalue weighted by molar-refractivity contribution is 9.10.